The molecule has 0 spiro atoms. The van der Waals surface area contributed by atoms with Crippen molar-refractivity contribution in [2.24, 2.45) is 0 Å². The van der Waals surface area contributed by atoms with Crippen LogP contribution in [0.5, 0.6) is 0 Å². The topological polar surface area (TPSA) is 123 Å². The molecule has 8 nitrogen and oxygen atoms in total. The van der Waals surface area contributed by atoms with E-state index in [-0.39, 0.29) is 23.7 Å². The van der Waals surface area contributed by atoms with Gasteiger partial charge in [0.2, 0.25) is 5.78 Å². The molecule has 3 rings (SSSR count). The predicted molar refractivity (Wildman–Crippen MR) is 107 cm³/mol. The molecule has 0 saturated heterocycles. The zero-order chi connectivity index (χ0) is 21.6. The van der Waals surface area contributed by atoms with E-state index in [1.807, 2.05) is 18.2 Å². The van der Waals surface area contributed by atoms with Crippen molar-refractivity contribution in [1.29, 1.82) is 0 Å². The van der Waals surface area contributed by atoms with Gasteiger partial charge in [-0.2, -0.15) is 8.42 Å². The van der Waals surface area contributed by atoms with E-state index < -0.39 is 28.0 Å². The second-order valence-corrected chi connectivity index (χ2v) is 7.84. The van der Waals surface area contributed by atoms with Gasteiger partial charge in [0, 0.05) is 6.42 Å². The van der Waals surface area contributed by atoms with Gasteiger partial charge in [0.1, 0.15) is 12.6 Å². The number of hydrogen-bond donors (Lipinski definition) is 2. The molecule has 9 heteroatoms. The largest absolute Gasteiger partial charge is 0.461 e. The van der Waals surface area contributed by atoms with Crippen molar-refractivity contribution < 1.29 is 31.7 Å². The Morgan fingerprint density at radius 1 is 0.967 bits per heavy atom. The van der Waals surface area contributed by atoms with E-state index in [0.29, 0.717) is 5.56 Å². The molecule has 156 valence electrons. The maximum Gasteiger partial charge on any atom is 0.408 e. The normalized spacial score (nSPS) is 12.2. The number of rotatable bonds is 8. The Balaban J connectivity index is 1.71. The van der Waals surface area contributed by atoms with Crippen molar-refractivity contribution in [2.45, 2.75) is 24.0 Å². The van der Waals surface area contributed by atoms with Gasteiger partial charge in [-0.15, -0.1) is 0 Å². The van der Waals surface area contributed by atoms with Crippen molar-refractivity contribution in [3.8, 4) is 0 Å². The Morgan fingerprint density at radius 2 is 1.67 bits per heavy atom. The highest BCUT2D eigenvalue weighted by Crippen LogP contribution is 2.14. The molecule has 1 aromatic heterocycles. The van der Waals surface area contributed by atoms with Crippen LogP contribution in [-0.4, -0.2) is 30.9 Å². The van der Waals surface area contributed by atoms with Crippen molar-refractivity contribution in [3.63, 3.8) is 0 Å². The molecular weight excluding hydrogens is 410 g/mol. The Hall–Kier alpha value is -3.43. The second-order valence-electron chi connectivity index (χ2n) is 6.42. The Kier molecular flexibility index (Phi) is 6.65. The van der Waals surface area contributed by atoms with Gasteiger partial charge in [-0.1, -0.05) is 42.5 Å². The maximum atomic E-state index is 12.7. The van der Waals surface area contributed by atoms with Crippen LogP contribution in [0.4, 0.5) is 4.79 Å². The third-order valence-corrected chi connectivity index (χ3v) is 5.11. The van der Waals surface area contributed by atoms with Gasteiger partial charge >= 0.3 is 6.09 Å². The average molecular weight is 429 g/mol. The SMILES string of the molecule is O=C(NC(Cc1ccc(S(=O)(=O)O)cc1)C(=O)c1ccco1)OCc1ccccc1. The number of Topliss-reactive ketones (excluding diaryl/α,β-unsaturated/α-hetero) is 1. The fraction of sp³-hybridized carbons (Fsp3) is 0.143. The van der Waals surface area contributed by atoms with Crippen LogP contribution in [0.1, 0.15) is 21.7 Å². The van der Waals surface area contributed by atoms with Crippen molar-refractivity contribution in [3.05, 3.63) is 89.9 Å². The van der Waals surface area contributed by atoms with Crippen LogP contribution in [0.2, 0.25) is 0 Å². The molecule has 1 unspecified atom stereocenters. The maximum absolute atomic E-state index is 12.7. The summed E-state index contributed by atoms with van der Waals surface area (Å²) in [4.78, 5) is 24.7. The van der Waals surface area contributed by atoms with E-state index in [2.05, 4.69) is 5.32 Å². The summed E-state index contributed by atoms with van der Waals surface area (Å²) >= 11 is 0. The lowest BCUT2D eigenvalue weighted by molar-refractivity contribution is 0.0890. The first-order valence-corrected chi connectivity index (χ1v) is 10.4. The highest BCUT2D eigenvalue weighted by atomic mass is 32.2. The molecule has 0 aliphatic heterocycles. The van der Waals surface area contributed by atoms with E-state index in [0.717, 1.165) is 5.56 Å². The Bertz CT molecular complexity index is 1090. The molecule has 30 heavy (non-hydrogen) atoms. The molecule has 2 aromatic carbocycles. The smallest absolute Gasteiger partial charge is 0.408 e. The fourth-order valence-corrected chi connectivity index (χ4v) is 3.22. The minimum absolute atomic E-state index is 0.0391. The zero-order valence-corrected chi connectivity index (χ0v) is 16.5. The molecule has 0 bridgehead atoms. The first kappa shape index (κ1) is 21.3. The first-order valence-electron chi connectivity index (χ1n) is 8.94. The first-order chi connectivity index (χ1) is 14.3. The van der Waals surface area contributed by atoms with Gasteiger partial charge < -0.3 is 14.5 Å². The number of ether oxygens (including phenoxy) is 1. The fourth-order valence-electron chi connectivity index (χ4n) is 2.74. The molecule has 0 aliphatic carbocycles. The molecule has 0 fully saturated rings. The average Bonchev–Trinajstić information content (AvgIpc) is 3.27. The van der Waals surface area contributed by atoms with E-state index in [1.165, 1.54) is 36.6 Å². The van der Waals surface area contributed by atoms with Crippen LogP contribution in [0.3, 0.4) is 0 Å². The molecule has 0 aliphatic rings. The number of amides is 1. The van der Waals surface area contributed by atoms with Gasteiger partial charge in [-0.3, -0.25) is 9.35 Å². The quantitative estimate of drug-likeness (QED) is 0.416. The number of carbonyl (C=O) groups excluding carboxylic acids is 2. The monoisotopic (exact) mass is 429 g/mol. The molecule has 1 atom stereocenters. The molecular formula is C21H19NO7S. The number of benzene rings is 2. The molecule has 1 heterocycles. The third-order valence-electron chi connectivity index (χ3n) is 4.25. The van der Waals surface area contributed by atoms with E-state index >= 15 is 0 Å². The van der Waals surface area contributed by atoms with Crippen molar-refractivity contribution >= 4 is 22.0 Å². The van der Waals surface area contributed by atoms with Gasteiger partial charge in [-0.25, -0.2) is 4.79 Å². The van der Waals surface area contributed by atoms with Gasteiger partial charge in [-0.05, 0) is 35.4 Å². The lowest BCUT2D eigenvalue weighted by Crippen LogP contribution is -2.42. The number of furan rings is 1. The number of nitrogens with one attached hydrogen (secondary N) is 1. The van der Waals surface area contributed by atoms with Crippen molar-refractivity contribution in [2.75, 3.05) is 0 Å². The van der Waals surface area contributed by atoms with E-state index in [1.54, 1.807) is 18.2 Å². The molecule has 1 amide bonds. The second kappa shape index (κ2) is 9.38. The number of hydrogen-bond acceptors (Lipinski definition) is 6. The molecule has 0 radical (unpaired) electrons. The van der Waals surface area contributed by atoms with Crippen LogP contribution in [0, 0.1) is 0 Å². The van der Waals surface area contributed by atoms with Crippen LogP contribution >= 0.6 is 0 Å². The minimum atomic E-state index is -4.32. The van der Waals surface area contributed by atoms with Crippen molar-refractivity contribution in [1.82, 2.24) is 5.32 Å². The summed E-state index contributed by atoms with van der Waals surface area (Å²) < 4.78 is 41.8. The van der Waals surface area contributed by atoms with E-state index in [9.17, 15) is 18.0 Å². The summed E-state index contributed by atoms with van der Waals surface area (Å²) in [6.07, 6.45) is 0.628. The van der Waals surface area contributed by atoms with Gasteiger partial charge in [0.05, 0.1) is 11.2 Å². The van der Waals surface area contributed by atoms with Gasteiger partial charge in [0.25, 0.3) is 10.1 Å². The highest BCUT2D eigenvalue weighted by molar-refractivity contribution is 7.85. The zero-order valence-electron chi connectivity index (χ0n) is 15.7. The summed E-state index contributed by atoms with van der Waals surface area (Å²) in [7, 11) is -4.32. The summed E-state index contributed by atoms with van der Waals surface area (Å²) in [6, 6.07) is 16.4. The summed E-state index contributed by atoms with van der Waals surface area (Å²) in [5.74, 6) is -0.395. The highest BCUT2D eigenvalue weighted by Gasteiger charge is 2.25. The van der Waals surface area contributed by atoms with E-state index in [4.69, 9.17) is 13.7 Å². The number of carbonyl (C=O) groups is 2. The third kappa shape index (κ3) is 5.79. The molecule has 3 aromatic rings. The predicted octanol–water partition coefficient (Wildman–Crippen LogP) is 3.25. The minimum Gasteiger partial charge on any atom is -0.461 e. The standard InChI is InChI=1S/C21H19NO7S/c23-20(19-7-4-12-28-19)18(13-15-8-10-17(11-9-15)30(25,26)27)22-21(24)29-14-16-5-2-1-3-6-16/h1-12,18H,13-14H2,(H,22,24)(H,25,26,27). The Labute approximate surface area is 173 Å². The van der Waals surface area contributed by atoms with Crippen LogP contribution in [-0.2, 0) is 27.9 Å². The molecule has 0 saturated carbocycles. The summed E-state index contributed by atoms with van der Waals surface area (Å²) in [6.45, 7) is 0.0391. The molecule has 2 N–H and O–H groups in total. The van der Waals surface area contributed by atoms with Gasteiger partial charge in [0.15, 0.2) is 5.76 Å². The number of alkyl carbamates (subject to hydrolysis) is 1. The Morgan fingerprint density at radius 3 is 2.27 bits per heavy atom. The van der Waals surface area contributed by atoms with Crippen LogP contribution in [0.25, 0.3) is 0 Å². The lowest BCUT2D eigenvalue weighted by atomic mass is 10.0. The summed E-state index contributed by atoms with van der Waals surface area (Å²) in [5.41, 5.74) is 1.36. The lowest BCUT2D eigenvalue weighted by Gasteiger charge is -2.17. The summed E-state index contributed by atoms with van der Waals surface area (Å²) in [5, 5.41) is 2.53. The van der Waals surface area contributed by atoms with Crippen LogP contribution in [0.15, 0.2) is 82.3 Å². The number of ketones is 1. The van der Waals surface area contributed by atoms with Crippen LogP contribution < -0.4 is 5.32 Å².